The van der Waals surface area contributed by atoms with Crippen LogP contribution in [0.4, 0.5) is 5.82 Å². The largest absolute Gasteiger partial charge is 0.513 e. The van der Waals surface area contributed by atoms with Crippen LogP contribution >= 0.6 is 0 Å². The first-order chi connectivity index (χ1) is 11.7. The lowest BCUT2D eigenvalue weighted by atomic mass is 10.0. The number of fused-ring (bicyclic) bond motifs is 1. The van der Waals surface area contributed by atoms with Crippen LogP contribution in [0.3, 0.4) is 0 Å². The molecule has 2 heterocycles. The molecule has 0 amide bonds. The van der Waals surface area contributed by atoms with E-state index >= 15 is 0 Å². The summed E-state index contributed by atoms with van der Waals surface area (Å²) >= 11 is 0. The van der Waals surface area contributed by atoms with Crippen LogP contribution in [0.1, 0.15) is 12.0 Å². The number of aromatic nitrogens is 3. The number of nitrogens with one attached hydrogen (secondary N) is 1. The van der Waals surface area contributed by atoms with Gasteiger partial charge in [0.25, 0.3) is 0 Å². The molecule has 3 aromatic rings. The molecular formula is C18H20N4O2. The summed E-state index contributed by atoms with van der Waals surface area (Å²) in [5.41, 5.74) is 3.88. The number of allylic oxidation sites excluding steroid dienone is 1. The summed E-state index contributed by atoms with van der Waals surface area (Å²) in [7, 11) is 0. The van der Waals surface area contributed by atoms with Gasteiger partial charge in [-0.3, -0.25) is 0 Å². The van der Waals surface area contributed by atoms with Crippen LogP contribution in [-0.2, 0) is 6.42 Å². The van der Waals surface area contributed by atoms with Crippen molar-refractivity contribution in [2.75, 3.05) is 18.5 Å². The minimum Gasteiger partial charge on any atom is -0.513 e. The highest BCUT2D eigenvalue weighted by Crippen LogP contribution is 2.24. The van der Waals surface area contributed by atoms with Crippen LogP contribution in [0.15, 0.2) is 55.1 Å². The van der Waals surface area contributed by atoms with Crippen molar-refractivity contribution in [2.45, 2.75) is 12.8 Å². The van der Waals surface area contributed by atoms with Crippen molar-refractivity contribution in [3.63, 3.8) is 0 Å². The number of aryl methyl sites for hydroxylation is 1. The molecule has 2 aromatic heterocycles. The second-order valence-corrected chi connectivity index (χ2v) is 5.55. The van der Waals surface area contributed by atoms with E-state index in [1.165, 1.54) is 0 Å². The normalized spacial score (nSPS) is 10.9. The Bertz CT molecular complexity index is 840. The second kappa shape index (κ2) is 7.14. The van der Waals surface area contributed by atoms with Crippen LogP contribution < -0.4 is 5.32 Å². The van der Waals surface area contributed by atoms with Gasteiger partial charge in [-0.15, -0.1) is 0 Å². The Morgan fingerprint density at radius 2 is 2.00 bits per heavy atom. The zero-order chi connectivity index (χ0) is 16.9. The van der Waals surface area contributed by atoms with E-state index in [2.05, 4.69) is 22.0 Å². The highest BCUT2D eigenvalue weighted by molar-refractivity contribution is 5.77. The lowest BCUT2D eigenvalue weighted by molar-refractivity contribution is 0.311. The summed E-state index contributed by atoms with van der Waals surface area (Å²) in [6, 6.07) is 9.96. The molecule has 3 N–H and O–H groups in total. The Kier molecular flexibility index (Phi) is 4.77. The number of aliphatic hydroxyl groups is 2. The lowest BCUT2D eigenvalue weighted by Crippen LogP contribution is -2.07. The fourth-order valence-corrected chi connectivity index (χ4v) is 2.49. The second-order valence-electron chi connectivity index (χ2n) is 5.55. The van der Waals surface area contributed by atoms with Gasteiger partial charge in [-0.1, -0.05) is 30.8 Å². The summed E-state index contributed by atoms with van der Waals surface area (Å²) < 4.78 is 1.73. The first kappa shape index (κ1) is 16.0. The number of aliphatic hydroxyl groups excluding tert-OH is 2. The molecule has 24 heavy (non-hydrogen) atoms. The summed E-state index contributed by atoms with van der Waals surface area (Å²) in [6.07, 6.45) is 4.96. The summed E-state index contributed by atoms with van der Waals surface area (Å²) in [5.74, 6) is 0.908. The van der Waals surface area contributed by atoms with E-state index in [0.29, 0.717) is 18.8 Å². The van der Waals surface area contributed by atoms with Gasteiger partial charge in [0.15, 0.2) is 5.65 Å². The molecule has 0 saturated heterocycles. The third-order valence-electron chi connectivity index (χ3n) is 3.75. The van der Waals surface area contributed by atoms with E-state index in [0.717, 1.165) is 28.8 Å². The van der Waals surface area contributed by atoms with Gasteiger partial charge in [0.1, 0.15) is 5.82 Å². The molecule has 0 saturated carbocycles. The zero-order valence-corrected chi connectivity index (χ0v) is 13.3. The Balaban J connectivity index is 1.86. The molecule has 3 rings (SSSR count). The predicted molar refractivity (Wildman–Crippen MR) is 94.1 cm³/mol. The Morgan fingerprint density at radius 3 is 2.71 bits per heavy atom. The van der Waals surface area contributed by atoms with E-state index in [1.54, 1.807) is 10.7 Å². The quantitative estimate of drug-likeness (QED) is 0.582. The van der Waals surface area contributed by atoms with Crippen molar-refractivity contribution in [2.24, 2.45) is 0 Å². The molecule has 0 atom stereocenters. The van der Waals surface area contributed by atoms with E-state index in [9.17, 15) is 5.11 Å². The lowest BCUT2D eigenvalue weighted by Gasteiger charge is -2.05. The monoisotopic (exact) mass is 324 g/mol. The number of benzene rings is 1. The van der Waals surface area contributed by atoms with Gasteiger partial charge in [-0.2, -0.15) is 5.10 Å². The predicted octanol–water partition coefficient (Wildman–Crippen LogP) is 2.80. The molecule has 0 spiro atoms. The van der Waals surface area contributed by atoms with Gasteiger partial charge in [0.05, 0.1) is 18.6 Å². The van der Waals surface area contributed by atoms with Crippen LogP contribution in [0.5, 0.6) is 0 Å². The minimum absolute atomic E-state index is 0.0563. The molecule has 0 unspecified atom stereocenters. The number of anilines is 1. The smallest absolute Gasteiger partial charge is 0.165 e. The first-order valence-corrected chi connectivity index (χ1v) is 7.82. The number of hydrogen-bond acceptors (Lipinski definition) is 5. The molecular weight excluding hydrogens is 304 g/mol. The van der Waals surface area contributed by atoms with Crippen LogP contribution in [0, 0.1) is 0 Å². The Hall–Kier alpha value is -2.86. The molecule has 124 valence electrons. The Labute approximate surface area is 140 Å². The van der Waals surface area contributed by atoms with Crippen molar-refractivity contribution >= 4 is 11.5 Å². The first-order valence-electron chi connectivity index (χ1n) is 7.82. The minimum atomic E-state index is 0.0563. The Morgan fingerprint density at radius 1 is 1.21 bits per heavy atom. The molecule has 0 aliphatic heterocycles. The topological polar surface area (TPSA) is 82.7 Å². The van der Waals surface area contributed by atoms with Crippen LogP contribution in [0.25, 0.3) is 16.8 Å². The van der Waals surface area contributed by atoms with Gasteiger partial charge in [0.2, 0.25) is 0 Å². The van der Waals surface area contributed by atoms with Crippen molar-refractivity contribution in [3.05, 3.63) is 60.6 Å². The van der Waals surface area contributed by atoms with Crippen LogP contribution in [0.2, 0.25) is 0 Å². The summed E-state index contributed by atoms with van der Waals surface area (Å²) in [6.45, 7) is 4.02. The van der Waals surface area contributed by atoms with E-state index < -0.39 is 0 Å². The molecule has 0 fully saturated rings. The van der Waals surface area contributed by atoms with E-state index in [-0.39, 0.29) is 12.4 Å². The zero-order valence-electron chi connectivity index (χ0n) is 13.3. The number of rotatable bonds is 7. The maximum Gasteiger partial charge on any atom is 0.165 e. The maximum atomic E-state index is 9.19. The fraction of sp³-hybridized carbons (Fsp3) is 0.222. The number of nitrogens with zero attached hydrogens (tertiary/aromatic N) is 3. The van der Waals surface area contributed by atoms with Crippen molar-refractivity contribution in [3.8, 4) is 11.1 Å². The van der Waals surface area contributed by atoms with E-state index in [4.69, 9.17) is 5.11 Å². The SMILES string of the molecule is C=C(O)CCc1ccc(-c2cnn3ccc(NCCO)nc23)cc1. The molecule has 0 bridgehead atoms. The highest BCUT2D eigenvalue weighted by Gasteiger charge is 2.09. The average molecular weight is 324 g/mol. The van der Waals surface area contributed by atoms with Crippen molar-refractivity contribution in [1.82, 2.24) is 14.6 Å². The summed E-state index contributed by atoms with van der Waals surface area (Å²) in [5, 5.41) is 25.5. The van der Waals surface area contributed by atoms with Crippen LogP contribution in [-0.4, -0.2) is 38.0 Å². The molecule has 0 aliphatic carbocycles. The van der Waals surface area contributed by atoms with Gasteiger partial charge in [0, 0.05) is 24.7 Å². The molecule has 0 radical (unpaired) electrons. The molecule has 0 aliphatic rings. The van der Waals surface area contributed by atoms with Gasteiger partial charge in [-0.25, -0.2) is 9.50 Å². The molecule has 1 aromatic carbocycles. The standard InChI is InChI=1S/C18H20N4O2/c1-13(24)2-3-14-4-6-15(7-5-14)16-12-20-22-10-8-17(19-9-11-23)21-18(16)22/h4-8,10,12,23-24H,1-3,9,11H2,(H,19,21). The number of hydrogen-bond donors (Lipinski definition) is 3. The fourth-order valence-electron chi connectivity index (χ4n) is 2.49. The van der Waals surface area contributed by atoms with Crippen molar-refractivity contribution < 1.29 is 10.2 Å². The maximum absolute atomic E-state index is 9.19. The van der Waals surface area contributed by atoms with Gasteiger partial charge >= 0.3 is 0 Å². The van der Waals surface area contributed by atoms with E-state index in [1.807, 2.05) is 36.5 Å². The summed E-state index contributed by atoms with van der Waals surface area (Å²) in [4.78, 5) is 4.56. The highest BCUT2D eigenvalue weighted by atomic mass is 16.3. The van der Waals surface area contributed by atoms with Gasteiger partial charge < -0.3 is 15.5 Å². The average Bonchev–Trinajstić information content (AvgIpc) is 3.01. The molecule has 6 nitrogen and oxygen atoms in total. The third kappa shape index (κ3) is 3.55. The molecule has 6 heteroatoms. The third-order valence-corrected chi connectivity index (χ3v) is 3.75. The van der Waals surface area contributed by atoms with Crippen molar-refractivity contribution in [1.29, 1.82) is 0 Å². The van der Waals surface area contributed by atoms with Gasteiger partial charge in [-0.05, 0) is 23.6 Å².